The summed E-state index contributed by atoms with van der Waals surface area (Å²) in [5, 5.41) is 6.41. The van der Waals surface area contributed by atoms with Gasteiger partial charge in [-0.25, -0.2) is 18.0 Å². The van der Waals surface area contributed by atoms with Gasteiger partial charge in [-0.15, -0.1) is 0 Å². The molecule has 138 valence electrons. The van der Waals surface area contributed by atoms with E-state index in [-0.39, 0.29) is 17.8 Å². The number of amides is 2. The van der Waals surface area contributed by atoms with Crippen LogP contribution >= 0.6 is 0 Å². The van der Waals surface area contributed by atoms with Crippen molar-refractivity contribution in [3.8, 4) is 11.3 Å². The normalized spacial score (nSPS) is 14.2. The highest BCUT2D eigenvalue weighted by atomic mass is 19.2. The zero-order valence-electron chi connectivity index (χ0n) is 13.9. The van der Waals surface area contributed by atoms with Crippen molar-refractivity contribution in [2.24, 2.45) is 5.73 Å². The van der Waals surface area contributed by atoms with Crippen molar-refractivity contribution < 1.29 is 22.8 Å². The van der Waals surface area contributed by atoms with E-state index in [1.807, 2.05) is 11.9 Å². The molecule has 0 saturated heterocycles. The third-order valence-corrected chi connectivity index (χ3v) is 4.12. The number of likely N-dealkylation sites (N-methyl/N-ethyl adjacent to an activating group) is 1. The highest BCUT2D eigenvalue weighted by Crippen LogP contribution is 2.32. The van der Waals surface area contributed by atoms with Crippen molar-refractivity contribution in [2.45, 2.75) is 13.0 Å². The summed E-state index contributed by atoms with van der Waals surface area (Å²) >= 11 is 0. The van der Waals surface area contributed by atoms with Crippen molar-refractivity contribution >= 4 is 11.9 Å². The number of aromatic nitrogens is 2. The smallest absolute Gasteiger partial charge is 0.342 e. The van der Waals surface area contributed by atoms with Gasteiger partial charge in [0.25, 0.3) is 0 Å². The van der Waals surface area contributed by atoms with Crippen LogP contribution in [-0.4, -0.2) is 46.8 Å². The van der Waals surface area contributed by atoms with E-state index in [2.05, 4.69) is 10.4 Å². The van der Waals surface area contributed by atoms with Crippen LogP contribution < -0.4 is 11.1 Å². The van der Waals surface area contributed by atoms with Crippen LogP contribution in [0.5, 0.6) is 0 Å². The molecule has 7 nitrogen and oxygen atoms in total. The first-order chi connectivity index (χ1) is 12.3. The monoisotopic (exact) mass is 367 g/mol. The molecule has 2 heterocycles. The van der Waals surface area contributed by atoms with Crippen molar-refractivity contribution in [2.75, 3.05) is 20.1 Å². The lowest BCUT2D eigenvalue weighted by atomic mass is 10.0. The number of hydrogen-bond donors (Lipinski definition) is 2. The number of hydrogen-bond acceptors (Lipinski definition) is 4. The number of nitrogens with one attached hydrogen (secondary N) is 1. The highest BCUT2D eigenvalue weighted by Gasteiger charge is 2.28. The summed E-state index contributed by atoms with van der Waals surface area (Å²) in [7, 11) is 1.83. The van der Waals surface area contributed by atoms with Crippen molar-refractivity contribution in [3.63, 3.8) is 0 Å². The van der Waals surface area contributed by atoms with Crippen LogP contribution in [0.2, 0.25) is 0 Å². The second-order valence-electron chi connectivity index (χ2n) is 6.04. The summed E-state index contributed by atoms with van der Waals surface area (Å²) in [5.74, 6) is -4.24. The summed E-state index contributed by atoms with van der Waals surface area (Å²) in [6.07, 6.45) is 0.439. The molecular formula is C16H16F3N5O2. The fourth-order valence-corrected chi connectivity index (χ4v) is 2.88. The number of rotatable bonds is 3. The van der Waals surface area contributed by atoms with Gasteiger partial charge in [-0.2, -0.15) is 9.78 Å². The average Bonchev–Trinajstić information content (AvgIpc) is 2.94. The van der Waals surface area contributed by atoms with Gasteiger partial charge >= 0.3 is 6.03 Å². The maximum absolute atomic E-state index is 14.2. The molecule has 0 spiro atoms. The first kappa shape index (κ1) is 17.9. The van der Waals surface area contributed by atoms with E-state index >= 15 is 0 Å². The Bertz CT molecular complexity index is 896. The summed E-state index contributed by atoms with van der Waals surface area (Å²) < 4.78 is 42.1. The average molecular weight is 367 g/mol. The van der Waals surface area contributed by atoms with E-state index in [1.165, 1.54) is 0 Å². The molecule has 26 heavy (non-hydrogen) atoms. The van der Waals surface area contributed by atoms with Gasteiger partial charge in [0.2, 0.25) is 5.91 Å². The Balaban J connectivity index is 2.10. The van der Waals surface area contributed by atoms with Crippen LogP contribution in [0.1, 0.15) is 11.3 Å². The lowest BCUT2D eigenvalue weighted by Crippen LogP contribution is -2.38. The topological polar surface area (TPSA) is 93.2 Å². The summed E-state index contributed by atoms with van der Waals surface area (Å²) in [6, 6.07) is 0.447. The minimum atomic E-state index is -1.31. The number of benzene rings is 1. The van der Waals surface area contributed by atoms with Gasteiger partial charge < -0.3 is 16.0 Å². The molecule has 3 N–H and O–H groups in total. The van der Waals surface area contributed by atoms with Crippen LogP contribution in [0.3, 0.4) is 0 Å². The Morgan fingerprint density at radius 1 is 1.23 bits per heavy atom. The van der Waals surface area contributed by atoms with Crippen molar-refractivity contribution in [1.82, 2.24) is 20.0 Å². The Labute approximate surface area is 146 Å². The number of primary amides is 1. The molecule has 10 heteroatoms. The van der Waals surface area contributed by atoms with Crippen LogP contribution in [0.4, 0.5) is 18.0 Å². The number of carbonyl (C=O) groups is 2. The SMILES string of the molecule is CN1CCc2c(c(-c3cc(F)c(F)cc3F)nn2C(=O)NCC(N)=O)C1. The molecule has 1 aliphatic heterocycles. The lowest BCUT2D eigenvalue weighted by molar-refractivity contribution is -0.117. The van der Waals surface area contributed by atoms with E-state index in [9.17, 15) is 22.8 Å². The number of halogens is 3. The van der Waals surface area contributed by atoms with E-state index in [1.54, 1.807) is 0 Å². The first-order valence-electron chi connectivity index (χ1n) is 7.78. The Kier molecular flexibility index (Phi) is 4.68. The molecule has 2 aromatic rings. The first-order valence-corrected chi connectivity index (χ1v) is 7.78. The Morgan fingerprint density at radius 2 is 1.92 bits per heavy atom. The molecule has 0 aliphatic carbocycles. The molecule has 0 fully saturated rings. The Hall–Kier alpha value is -2.88. The maximum Gasteiger partial charge on any atom is 0.342 e. The van der Waals surface area contributed by atoms with Gasteiger partial charge in [-0.1, -0.05) is 0 Å². The quantitative estimate of drug-likeness (QED) is 0.792. The molecule has 2 amide bonds. The van der Waals surface area contributed by atoms with Crippen LogP contribution in [0.15, 0.2) is 12.1 Å². The van der Waals surface area contributed by atoms with Gasteiger partial charge in [0, 0.05) is 36.7 Å². The van der Waals surface area contributed by atoms with Gasteiger partial charge in [0.15, 0.2) is 11.6 Å². The molecule has 0 saturated carbocycles. The predicted molar refractivity (Wildman–Crippen MR) is 85.6 cm³/mol. The zero-order chi connectivity index (χ0) is 19.0. The third kappa shape index (κ3) is 3.27. The minimum Gasteiger partial charge on any atom is -0.368 e. The number of nitrogens with two attached hydrogens (primary N) is 1. The molecule has 0 unspecified atom stereocenters. The molecule has 0 bridgehead atoms. The van der Waals surface area contributed by atoms with Crippen molar-refractivity contribution in [1.29, 1.82) is 0 Å². The molecule has 0 atom stereocenters. The van der Waals surface area contributed by atoms with Gasteiger partial charge in [-0.3, -0.25) is 4.79 Å². The van der Waals surface area contributed by atoms with Gasteiger partial charge in [0.05, 0.1) is 12.2 Å². The summed E-state index contributed by atoms with van der Waals surface area (Å²) in [5.41, 5.74) is 5.88. The fourth-order valence-electron chi connectivity index (χ4n) is 2.88. The molecule has 3 rings (SSSR count). The lowest BCUT2D eigenvalue weighted by Gasteiger charge is -2.23. The van der Waals surface area contributed by atoms with E-state index < -0.39 is 29.4 Å². The predicted octanol–water partition coefficient (Wildman–Crippen LogP) is 0.998. The molecule has 1 aromatic carbocycles. The third-order valence-electron chi connectivity index (χ3n) is 4.12. The summed E-state index contributed by atoms with van der Waals surface area (Å²) in [4.78, 5) is 25.1. The molecule has 1 aromatic heterocycles. The maximum atomic E-state index is 14.2. The van der Waals surface area contributed by atoms with E-state index in [0.717, 1.165) is 4.68 Å². The standard InChI is InChI=1S/C16H16F3N5O2/c1-23-3-2-13-9(7-23)15(8-4-11(18)12(19)5-10(8)17)22-24(13)16(26)21-6-14(20)25/h4-5H,2-3,6-7H2,1H3,(H2,20,25)(H,21,26). The zero-order valence-corrected chi connectivity index (χ0v) is 13.9. The molecule has 1 aliphatic rings. The number of nitrogens with zero attached hydrogens (tertiary/aromatic N) is 3. The summed E-state index contributed by atoms with van der Waals surface area (Å²) in [6.45, 7) is 0.593. The number of fused-ring (bicyclic) bond motifs is 1. The van der Waals surface area contributed by atoms with E-state index in [0.29, 0.717) is 42.9 Å². The second kappa shape index (κ2) is 6.79. The van der Waals surface area contributed by atoms with Gasteiger partial charge in [0.1, 0.15) is 11.5 Å². The van der Waals surface area contributed by atoms with Crippen LogP contribution in [0.25, 0.3) is 11.3 Å². The molecule has 0 radical (unpaired) electrons. The largest absolute Gasteiger partial charge is 0.368 e. The van der Waals surface area contributed by atoms with E-state index in [4.69, 9.17) is 5.73 Å². The fraction of sp³-hybridized carbons (Fsp3) is 0.312. The van der Waals surface area contributed by atoms with Gasteiger partial charge in [-0.05, 0) is 13.1 Å². The van der Waals surface area contributed by atoms with Crippen molar-refractivity contribution in [3.05, 3.63) is 40.8 Å². The van der Waals surface area contributed by atoms with Crippen LogP contribution in [-0.2, 0) is 17.8 Å². The minimum absolute atomic E-state index is 0.0529. The second-order valence-corrected chi connectivity index (χ2v) is 6.04. The number of carbonyl (C=O) groups excluding carboxylic acids is 2. The highest BCUT2D eigenvalue weighted by molar-refractivity contribution is 5.84. The molecular weight excluding hydrogens is 351 g/mol. The van der Waals surface area contributed by atoms with Crippen LogP contribution in [0, 0.1) is 17.5 Å². The Morgan fingerprint density at radius 3 is 2.62 bits per heavy atom.